The van der Waals surface area contributed by atoms with Crippen molar-refractivity contribution in [3.63, 3.8) is 0 Å². The second-order valence-corrected chi connectivity index (χ2v) is 6.58. The predicted octanol–water partition coefficient (Wildman–Crippen LogP) is -0.825. The molecule has 4 heteroatoms. The minimum absolute atomic E-state index is 0. The first-order valence-electron chi connectivity index (χ1n) is 8.58. The molecule has 0 radical (unpaired) electrons. The van der Waals surface area contributed by atoms with Gasteiger partial charge in [0.2, 0.25) is 0 Å². The molecule has 150 valence electrons. The molecule has 4 rings (SSSR count). The first kappa shape index (κ1) is 31.1. The van der Waals surface area contributed by atoms with Crippen molar-refractivity contribution >= 4 is 6.88 Å². The van der Waals surface area contributed by atoms with E-state index >= 15 is 0 Å². The van der Waals surface area contributed by atoms with Gasteiger partial charge in [0, 0.05) is 0 Å². The van der Waals surface area contributed by atoms with Crippen molar-refractivity contribution in [2.24, 2.45) is 0 Å². The Morgan fingerprint density at radius 3 is 1.31 bits per heavy atom. The molecule has 26 heavy (non-hydrogen) atoms. The fourth-order valence-electron chi connectivity index (χ4n) is 3.75. The van der Waals surface area contributed by atoms with Crippen LogP contribution >= 0.6 is 0 Å². The molecule has 0 bridgehead atoms. The van der Waals surface area contributed by atoms with E-state index in [1.807, 2.05) is 6.88 Å². The van der Waals surface area contributed by atoms with Crippen LogP contribution in [0, 0.1) is 28.7 Å². The second-order valence-electron chi connectivity index (χ2n) is 6.58. The van der Waals surface area contributed by atoms with Crippen molar-refractivity contribution < 1.29 is 48.1 Å². The van der Waals surface area contributed by atoms with Gasteiger partial charge in [-0.3, -0.25) is 0 Å². The summed E-state index contributed by atoms with van der Waals surface area (Å²) in [4.78, 5) is 0. The Morgan fingerprint density at radius 1 is 0.692 bits per heavy atom. The average molecular weight is 489 g/mol. The first-order chi connectivity index (χ1) is 10.7. The van der Waals surface area contributed by atoms with Gasteiger partial charge >= 0.3 is 30.2 Å². The number of fused-ring (bicyclic) bond motifs is 2. The summed E-state index contributed by atoms with van der Waals surface area (Å²) in [5.74, 6) is 0. The predicted molar refractivity (Wildman–Crippen MR) is 108 cm³/mol. The van der Waals surface area contributed by atoms with Crippen LogP contribution in [0.3, 0.4) is 0 Å². The van der Waals surface area contributed by atoms with Gasteiger partial charge in [0.25, 0.3) is 0 Å². The molecule has 0 N–H and O–H groups in total. The van der Waals surface area contributed by atoms with Gasteiger partial charge in [0.15, 0.2) is 0 Å². The van der Waals surface area contributed by atoms with Gasteiger partial charge in [-0.15, -0.1) is 0 Å². The van der Waals surface area contributed by atoms with Crippen LogP contribution in [0.1, 0.15) is 59.1 Å². The molecule has 0 amide bonds. The standard InChI is InChI=1S/2C10H13.2CH3.2ClH.H2Si.Zr/c2*1-8-6-9-4-2-3-5-10(9)7-8;;;;;;/h2*6-7H,2-5H2,1H3;2*1H3;2*1H;1H2;/q4*-1;;;;/p-2. The monoisotopic (exact) mass is 486 g/mol. The number of hydrogen-bond acceptors (Lipinski definition) is 0. The Balaban J connectivity index is -0.000000326. The summed E-state index contributed by atoms with van der Waals surface area (Å²) in [6.07, 6.45) is 10.9. The third kappa shape index (κ3) is 9.05. The topological polar surface area (TPSA) is 0 Å². The Morgan fingerprint density at radius 2 is 1.00 bits per heavy atom. The molecule has 0 nitrogen and oxygen atoms in total. The van der Waals surface area contributed by atoms with Crippen LogP contribution in [0.4, 0.5) is 0 Å². The van der Waals surface area contributed by atoms with Crippen LogP contribution in [0.25, 0.3) is 0 Å². The molecular weight excluding hydrogens is 454 g/mol. The van der Waals surface area contributed by atoms with Gasteiger partial charge in [-0.25, -0.2) is 12.1 Å². The Kier molecular flexibility index (Phi) is 19.5. The Hall–Kier alpha value is 0.380. The van der Waals surface area contributed by atoms with Gasteiger partial charge in [-0.05, 0) is 0 Å². The van der Waals surface area contributed by atoms with Crippen LogP contribution in [-0.4, -0.2) is 6.88 Å². The fourth-order valence-corrected chi connectivity index (χ4v) is 3.75. The molecular formula is C22H34Cl2SiZr-6. The zero-order valence-electron chi connectivity index (χ0n) is 16.9. The van der Waals surface area contributed by atoms with E-state index in [0.717, 1.165) is 0 Å². The third-order valence-corrected chi connectivity index (χ3v) is 4.72. The number of hydrogen-bond donors (Lipinski definition) is 0. The van der Waals surface area contributed by atoms with Gasteiger partial charge in [0.05, 0.1) is 0 Å². The number of aryl methyl sites for hydroxylation is 6. The van der Waals surface area contributed by atoms with E-state index in [1.165, 1.54) is 62.5 Å². The molecule has 0 fully saturated rings. The van der Waals surface area contributed by atoms with Gasteiger partial charge < -0.3 is 39.7 Å². The van der Waals surface area contributed by atoms with Crippen molar-refractivity contribution in [3.05, 3.63) is 72.5 Å². The molecule has 0 aromatic heterocycles. The maximum atomic E-state index is 2.34. The van der Waals surface area contributed by atoms with Crippen LogP contribution < -0.4 is 24.8 Å². The van der Waals surface area contributed by atoms with Gasteiger partial charge in [-0.2, -0.15) is 45.5 Å². The molecule has 2 aromatic rings. The van der Waals surface area contributed by atoms with E-state index < -0.39 is 0 Å². The molecule has 0 aliphatic heterocycles. The number of halogens is 2. The Labute approximate surface area is 191 Å². The zero-order chi connectivity index (χ0) is 15.9. The molecule has 0 unspecified atom stereocenters. The molecule has 0 heterocycles. The quantitative estimate of drug-likeness (QED) is 0.336. The molecule has 2 aliphatic carbocycles. The van der Waals surface area contributed by atoms with Crippen molar-refractivity contribution in [2.45, 2.75) is 65.2 Å². The average Bonchev–Trinajstić information content (AvgIpc) is 3.10. The fraction of sp³-hybridized carbons (Fsp3) is 0.455. The summed E-state index contributed by atoms with van der Waals surface area (Å²) in [6, 6.07) is 9.37. The van der Waals surface area contributed by atoms with E-state index in [4.69, 9.17) is 0 Å². The molecule has 2 aromatic carbocycles. The van der Waals surface area contributed by atoms with E-state index in [2.05, 4.69) is 38.1 Å². The van der Waals surface area contributed by atoms with Crippen molar-refractivity contribution in [1.82, 2.24) is 0 Å². The van der Waals surface area contributed by atoms with Gasteiger partial charge in [0.1, 0.15) is 0 Å². The summed E-state index contributed by atoms with van der Waals surface area (Å²) in [5.41, 5.74) is 9.36. The summed E-state index contributed by atoms with van der Waals surface area (Å²) >= 11 is 1.58. The van der Waals surface area contributed by atoms with Crippen molar-refractivity contribution in [1.29, 1.82) is 0 Å². The summed E-state index contributed by atoms with van der Waals surface area (Å²) in [7, 11) is 0. The molecule has 0 spiro atoms. The SMILES string of the molecule is Cc1cc2c([cH-]1)CCCC2.Cc1cc2c([cH-]1)CCCC2.[CH3-].[CH3-].[Cl-].[Cl-].[SiH2]=[Zr]. The van der Waals surface area contributed by atoms with Crippen molar-refractivity contribution in [3.8, 4) is 0 Å². The van der Waals surface area contributed by atoms with E-state index in [0.29, 0.717) is 0 Å². The third-order valence-electron chi connectivity index (χ3n) is 4.72. The normalized spacial score (nSPS) is 13.1. The van der Waals surface area contributed by atoms with E-state index in [9.17, 15) is 0 Å². The van der Waals surface area contributed by atoms with E-state index in [1.54, 1.807) is 45.6 Å². The maximum absolute atomic E-state index is 2.34. The summed E-state index contributed by atoms with van der Waals surface area (Å²) in [6.45, 7) is 6.34. The summed E-state index contributed by atoms with van der Waals surface area (Å²) in [5, 5.41) is 0. The molecule has 0 saturated heterocycles. The molecule has 2 aliphatic rings. The second kappa shape index (κ2) is 16.3. The van der Waals surface area contributed by atoms with Crippen LogP contribution in [0.15, 0.2) is 24.3 Å². The zero-order valence-corrected chi connectivity index (χ0v) is 22.3. The molecule has 0 saturated carbocycles. The van der Waals surface area contributed by atoms with E-state index in [-0.39, 0.29) is 39.7 Å². The van der Waals surface area contributed by atoms with Crippen LogP contribution in [0.2, 0.25) is 0 Å². The Bertz CT molecular complexity index is 502. The van der Waals surface area contributed by atoms with Crippen LogP contribution in [-0.2, 0) is 49.0 Å². The number of rotatable bonds is 0. The first-order valence-corrected chi connectivity index (χ1v) is 14.5. The molecule has 0 atom stereocenters. The van der Waals surface area contributed by atoms with Crippen molar-refractivity contribution in [2.75, 3.05) is 0 Å². The summed E-state index contributed by atoms with van der Waals surface area (Å²) < 4.78 is 0. The van der Waals surface area contributed by atoms with Gasteiger partial charge in [-0.1, -0.05) is 65.2 Å². The minimum atomic E-state index is 0. The van der Waals surface area contributed by atoms with Crippen LogP contribution in [0.5, 0.6) is 0 Å².